The molecule has 3 unspecified atom stereocenters. The molecule has 488 valence electrons. The van der Waals surface area contributed by atoms with Gasteiger partial charge in [0.2, 0.25) is 5.91 Å². The van der Waals surface area contributed by atoms with Gasteiger partial charge in [-0.3, -0.25) is 18.6 Å². The van der Waals surface area contributed by atoms with Crippen molar-refractivity contribution in [1.82, 2.24) is 5.32 Å². The Morgan fingerprint density at radius 2 is 0.726 bits per heavy atom. The van der Waals surface area contributed by atoms with Crippen LogP contribution in [0.1, 0.15) is 323 Å². The first-order valence-corrected chi connectivity index (χ1v) is 36.9. The molecule has 84 heavy (non-hydrogen) atoms. The molecule has 0 aliphatic carbocycles. The second-order valence-electron chi connectivity index (χ2n) is 25.0. The van der Waals surface area contributed by atoms with E-state index in [0.29, 0.717) is 17.4 Å². The summed E-state index contributed by atoms with van der Waals surface area (Å²) in [5, 5.41) is 3.07. The van der Waals surface area contributed by atoms with E-state index in [1.54, 1.807) is 0 Å². The zero-order chi connectivity index (χ0) is 61.4. The van der Waals surface area contributed by atoms with Gasteiger partial charge in [0.25, 0.3) is 0 Å². The van der Waals surface area contributed by atoms with Gasteiger partial charge >= 0.3 is 13.8 Å². The van der Waals surface area contributed by atoms with Crippen molar-refractivity contribution in [3.63, 3.8) is 0 Å². The molecule has 0 bridgehead atoms. The molecule has 0 saturated heterocycles. The van der Waals surface area contributed by atoms with Crippen LogP contribution in [0.15, 0.2) is 85.1 Å². The second-order valence-corrected chi connectivity index (χ2v) is 26.5. The molecule has 0 saturated carbocycles. The van der Waals surface area contributed by atoms with Gasteiger partial charge in [-0.15, -0.1) is 0 Å². The number of rotatable bonds is 64. The molecule has 0 aliphatic rings. The quantitative estimate of drug-likeness (QED) is 0.0205. The molecule has 3 atom stereocenters. The lowest BCUT2D eigenvalue weighted by Crippen LogP contribution is -2.47. The van der Waals surface area contributed by atoms with E-state index in [-0.39, 0.29) is 31.5 Å². The first-order valence-electron chi connectivity index (χ1n) is 35.4. The van der Waals surface area contributed by atoms with Gasteiger partial charge in [-0.05, 0) is 109 Å². The molecular formula is C74H136N2O7P+. The number of unbranched alkanes of at least 4 members (excludes halogenated alkanes) is 36. The summed E-state index contributed by atoms with van der Waals surface area (Å²) in [6.45, 7) is 6.98. The molecule has 0 rings (SSSR count). The van der Waals surface area contributed by atoms with Crippen LogP contribution in [-0.2, 0) is 27.9 Å². The van der Waals surface area contributed by atoms with Gasteiger partial charge in [-0.25, -0.2) is 4.57 Å². The zero-order valence-electron chi connectivity index (χ0n) is 55.9. The summed E-state index contributed by atoms with van der Waals surface area (Å²) in [6.07, 6.45) is 84.4. The maximum absolute atomic E-state index is 13.6. The van der Waals surface area contributed by atoms with Crippen molar-refractivity contribution in [3.05, 3.63) is 85.1 Å². The number of likely N-dealkylation sites (N-methyl/N-ethyl adjacent to an activating group) is 1. The van der Waals surface area contributed by atoms with Crippen molar-refractivity contribution in [3.8, 4) is 0 Å². The van der Waals surface area contributed by atoms with Crippen molar-refractivity contribution >= 4 is 19.7 Å². The predicted molar refractivity (Wildman–Crippen MR) is 364 cm³/mol. The largest absolute Gasteiger partial charge is 0.472 e. The fourth-order valence-corrected chi connectivity index (χ4v) is 10.8. The molecule has 0 radical (unpaired) electrons. The summed E-state index contributed by atoms with van der Waals surface area (Å²) < 4.78 is 30.8. The standard InChI is InChI=1S/C74H135N2O7P/c1-7-10-13-16-19-22-25-28-30-32-34-36-38-40-42-44-46-48-51-54-57-60-63-66-73(77)75-71(70-82-84(79,80)81-69-68-76(4,5)6)72(65-62-59-56-53-50-27-24-21-18-15-12-9-3)83-74(78)67-64-61-58-55-52-49-47-45-43-41-39-37-35-33-31-29-26-23-20-17-14-11-8-2/h19-20,22-23,28-31,34,36,40,42,62,65,71-72H,7-18,21,24-27,32-33,35,37-39,41,43-61,63-64,66-70H2,1-6H3,(H-,75,77,79,80)/p+1/b22-19-,23-20-,30-28-,31-29-,36-34-,42-40-,65-62+. The van der Waals surface area contributed by atoms with Crippen LogP contribution >= 0.6 is 7.82 Å². The Bertz CT molecular complexity index is 1710. The third kappa shape index (κ3) is 63.7. The maximum atomic E-state index is 13.6. The van der Waals surface area contributed by atoms with E-state index in [9.17, 15) is 19.0 Å². The lowest BCUT2D eigenvalue weighted by Gasteiger charge is -2.27. The molecule has 1 amide bonds. The number of hydrogen-bond donors (Lipinski definition) is 2. The van der Waals surface area contributed by atoms with Crippen LogP contribution in [-0.4, -0.2) is 74.3 Å². The summed E-state index contributed by atoms with van der Waals surface area (Å²) in [4.78, 5) is 37.9. The maximum Gasteiger partial charge on any atom is 0.472 e. The van der Waals surface area contributed by atoms with Gasteiger partial charge in [0.15, 0.2) is 0 Å². The minimum atomic E-state index is -4.46. The Balaban J connectivity index is 5.11. The Morgan fingerprint density at radius 1 is 0.417 bits per heavy atom. The third-order valence-corrected chi connectivity index (χ3v) is 16.5. The van der Waals surface area contributed by atoms with Gasteiger partial charge in [-0.2, -0.15) is 0 Å². The minimum absolute atomic E-state index is 0.0354. The molecule has 2 N–H and O–H groups in total. The summed E-state index contributed by atoms with van der Waals surface area (Å²) >= 11 is 0. The first-order chi connectivity index (χ1) is 40.9. The minimum Gasteiger partial charge on any atom is -0.456 e. The van der Waals surface area contributed by atoms with Gasteiger partial charge in [0.05, 0.1) is 33.8 Å². The first kappa shape index (κ1) is 81.2. The molecule has 0 aromatic carbocycles. The summed E-state index contributed by atoms with van der Waals surface area (Å²) in [5.74, 6) is -0.512. The fraction of sp³-hybridized carbons (Fsp3) is 0.784. The smallest absolute Gasteiger partial charge is 0.456 e. The number of quaternary nitrogens is 1. The fourth-order valence-electron chi connectivity index (χ4n) is 10.1. The molecule has 10 heteroatoms. The molecule has 9 nitrogen and oxygen atoms in total. The summed E-state index contributed by atoms with van der Waals surface area (Å²) in [5.41, 5.74) is 0. The lowest BCUT2D eigenvalue weighted by atomic mass is 10.0. The van der Waals surface area contributed by atoms with Crippen LogP contribution in [0.25, 0.3) is 0 Å². The molecule has 0 spiro atoms. The van der Waals surface area contributed by atoms with Crippen LogP contribution in [0.5, 0.6) is 0 Å². The van der Waals surface area contributed by atoms with E-state index in [1.165, 1.54) is 193 Å². The van der Waals surface area contributed by atoms with Crippen molar-refractivity contribution < 1.29 is 37.3 Å². The number of allylic oxidation sites excluding steroid dienone is 13. The average molecular weight is 1200 g/mol. The van der Waals surface area contributed by atoms with E-state index in [0.717, 1.165) is 96.3 Å². The number of carbonyl (C=O) groups is 2. The van der Waals surface area contributed by atoms with Crippen molar-refractivity contribution in [2.75, 3.05) is 40.9 Å². The van der Waals surface area contributed by atoms with E-state index in [2.05, 4.69) is 99.0 Å². The van der Waals surface area contributed by atoms with Crippen LogP contribution < -0.4 is 5.32 Å². The van der Waals surface area contributed by atoms with Gasteiger partial charge < -0.3 is 19.4 Å². The van der Waals surface area contributed by atoms with Crippen LogP contribution in [0, 0.1) is 0 Å². The number of carbonyl (C=O) groups excluding carboxylic acids is 2. The van der Waals surface area contributed by atoms with E-state index >= 15 is 0 Å². The molecule has 0 aliphatic heterocycles. The number of phosphoric ester groups is 1. The normalized spacial score (nSPS) is 14.0. The Kier molecular flexibility index (Phi) is 61.1. The van der Waals surface area contributed by atoms with Gasteiger partial charge in [-0.1, -0.05) is 286 Å². The van der Waals surface area contributed by atoms with E-state index < -0.39 is 20.0 Å². The highest BCUT2D eigenvalue weighted by atomic mass is 31.2. The lowest BCUT2D eigenvalue weighted by molar-refractivity contribution is -0.870. The number of hydrogen-bond acceptors (Lipinski definition) is 6. The highest BCUT2D eigenvalue weighted by Crippen LogP contribution is 2.43. The topological polar surface area (TPSA) is 111 Å². The number of ether oxygens (including phenoxy) is 1. The van der Waals surface area contributed by atoms with Crippen LogP contribution in [0.3, 0.4) is 0 Å². The van der Waals surface area contributed by atoms with Crippen molar-refractivity contribution in [1.29, 1.82) is 0 Å². The molecule has 0 heterocycles. The predicted octanol–water partition coefficient (Wildman–Crippen LogP) is 22.5. The highest BCUT2D eigenvalue weighted by molar-refractivity contribution is 7.47. The van der Waals surface area contributed by atoms with Crippen molar-refractivity contribution in [2.24, 2.45) is 0 Å². The molecular weight excluding hydrogens is 1060 g/mol. The average Bonchev–Trinajstić information content (AvgIpc) is 3.64. The zero-order valence-corrected chi connectivity index (χ0v) is 56.8. The highest BCUT2D eigenvalue weighted by Gasteiger charge is 2.30. The van der Waals surface area contributed by atoms with Crippen LogP contribution in [0.4, 0.5) is 0 Å². The molecule has 0 aromatic rings. The third-order valence-electron chi connectivity index (χ3n) is 15.6. The number of nitrogens with zero attached hydrogens (tertiary/aromatic N) is 1. The molecule has 0 aromatic heterocycles. The van der Waals surface area contributed by atoms with Gasteiger partial charge in [0, 0.05) is 12.8 Å². The van der Waals surface area contributed by atoms with Crippen LogP contribution in [0.2, 0.25) is 0 Å². The monoisotopic (exact) mass is 1200 g/mol. The summed E-state index contributed by atoms with van der Waals surface area (Å²) in [7, 11) is 1.49. The second kappa shape index (κ2) is 63.2. The Hall–Kier alpha value is -2.81. The Labute approximate surface area is 520 Å². The van der Waals surface area contributed by atoms with Crippen molar-refractivity contribution in [2.45, 2.75) is 335 Å². The summed E-state index contributed by atoms with van der Waals surface area (Å²) in [6, 6.07) is -0.859. The van der Waals surface area contributed by atoms with E-state index in [4.69, 9.17) is 13.8 Å². The number of phosphoric acid groups is 1. The number of esters is 1. The van der Waals surface area contributed by atoms with E-state index in [1.807, 2.05) is 33.3 Å². The SMILES string of the molecule is CCCCC/C=C\C/C=C\C/C=C\C/C=C\CCCCCCCCCC(=O)NC(COP(=O)(O)OCC[N+](C)(C)C)C(/C=C/CCCCCCCCCCCC)OC(=O)CCCCCCCCCCCCCCC/C=C\C/C=C\CCCCC. The number of nitrogens with one attached hydrogen (secondary N) is 1. The molecule has 0 fully saturated rings. The van der Waals surface area contributed by atoms with Gasteiger partial charge in [0.1, 0.15) is 19.3 Å². The Morgan fingerprint density at radius 3 is 1.11 bits per heavy atom. The number of amides is 1.